The summed E-state index contributed by atoms with van der Waals surface area (Å²) in [6, 6.07) is 5.15. The number of halogens is 3. The Labute approximate surface area is 216 Å². The number of alkyl halides is 3. The van der Waals surface area contributed by atoms with Crippen molar-refractivity contribution in [3.05, 3.63) is 52.2 Å². The minimum absolute atomic E-state index is 0.0242. The molecule has 37 heavy (non-hydrogen) atoms. The highest BCUT2D eigenvalue weighted by atomic mass is 32.2. The molecule has 1 saturated heterocycles. The number of carbonyl (C=O) groups is 2. The molecule has 0 aliphatic carbocycles. The fourth-order valence-electron chi connectivity index (χ4n) is 4.32. The standard InChI is InChI=1S/C25H28F3N3O5S/c1-14(2)36-23(33)20-21(15-6-8-17(34-3)9-7-15)31-16(11-19(32)29-12-18-5-4-10-35-18)13-37-24(31)30-22(20)25(26,27)28/h6-9,13-14,18,21H,4-5,10-12H2,1-3H3,(H,29,32). The number of amides is 1. The van der Waals surface area contributed by atoms with Gasteiger partial charge >= 0.3 is 12.1 Å². The van der Waals surface area contributed by atoms with Gasteiger partial charge in [-0.3, -0.25) is 4.79 Å². The maximum atomic E-state index is 14.2. The zero-order valence-corrected chi connectivity index (χ0v) is 21.4. The third kappa shape index (κ3) is 6.12. The lowest BCUT2D eigenvalue weighted by atomic mass is 9.93. The molecule has 8 nitrogen and oxygen atoms in total. The lowest BCUT2D eigenvalue weighted by Crippen LogP contribution is -2.40. The van der Waals surface area contributed by atoms with Crippen LogP contribution in [-0.4, -0.2) is 60.6 Å². The molecule has 12 heteroatoms. The second kappa shape index (κ2) is 11.2. The fraction of sp³-hybridized carbons (Fsp3) is 0.480. The summed E-state index contributed by atoms with van der Waals surface area (Å²) in [6.07, 6.45) is -3.93. The van der Waals surface area contributed by atoms with Crippen molar-refractivity contribution in [3.8, 4) is 5.75 Å². The zero-order valence-electron chi connectivity index (χ0n) is 20.6. The van der Waals surface area contributed by atoms with Gasteiger partial charge in [0.1, 0.15) is 5.75 Å². The molecule has 1 fully saturated rings. The quantitative estimate of drug-likeness (QED) is 0.489. The molecule has 1 N–H and O–H groups in total. The number of nitrogens with one attached hydrogen (secondary N) is 1. The lowest BCUT2D eigenvalue weighted by Gasteiger charge is -2.37. The summed E-state index contributed by atoms with van der Waals surface area (Å²) in [6.45, 7) is 4.12. The van der Waals surface area contributed by atoms with Crippen LogP contribution in [0.15, 0.2) is 51.6 Å². The Morgan fingerprint density at radius 2 is 2.00 bits per heavy atom. The van der Waals surface area contributed by atoms with Crippen LogP contribution >= 0.6 is 11.8 Å². The molecular weight excluding hydrogens is 511 g/mol. The molecule has 200 valence electrons. The molecule has 0 spiro atoms. The number of hydrogen-bond acceptors (Lipinski definition) is 8. The number of amidine groups is 1. The average Bonchev–Trinajstić information content (AvgIpc) is 3.51. The molecule has 3 aliphatic rings. The van der Waals surface area contributed by atoms with Gasteiger partial charge in [-0.2, -0.15) is 13.2 Å². The summed E-state index contributed by atoms with van der Waals surface area (Å²) in [7, 11) is 1.47. The summed E-state index contributed by atoms with van der Waals surface area (Å²) in [5.74, 6) is -0.932. The van der Waals surface area contributed by atoms with Crippen LogP contribution in [0.25, 0.3) is 0 Å². The first-order valence-electron chi connectivity index (χ1n) is 11.9. The van der Waals surface area contributed by atoms with Gasteiger partial charge in [0.05, 0.1) is 37.4 Å². The monoisotopic (exact) mass is 539 g/mol. The number of rotatable bonds is 8. The maximum Gasteiger partial charge on any atom is 0.434 e. The summed E-state index contributed by atoms with van der Waals surface area (Å²) in [4.78, 5) is 31.2. The van der Waals surface area contributed by atoms with Gasteiger partial charge in [0.15, 0.2) is 10.9 Å². The molecule has 4 rings (SSSR count). The van der Waals surface area contributed by atoms with Gasteiger partial charge in [-0.25, -0.2) is 9.79 Å². The molecule has 1 amide bonds. The van der Waals surface area contributed by atoms with E-state index in [4.69, 9.17) is 14.2 Å². The first-order valence-corrected chi connectivity index (χ1v) is 12.7. The molecule has 0 bridgehead atoms. The number of nitrogens with zero attached hydrogens (tertiary/aromatic N) is 2. The molecule has 0 radical (unpaired) electrons. The number of benzene rings is 1. The minimum Gasteiger partial charge on any atom is -0.497 e. The Balaban J connectivity index is 1.71. The van der Waals surface area contributed by atoms with E-state index in [0.29, 0.717) is 30.2 Å². The van der Waals surface area contributed by atoms with Crippen LogP contribution in [0.4, 0.5) is 13.2 Å². The average molecular weight is 540 g/mol. The van der Waals surface area contributed by atoms with E-state index in [1.54, 1.807) is 43.5 Å². The van der Waals surface area contributed by atoms with Crippen LogP contribution in [0, 0.1) is 0 Å². The van der Waals surface area contributed by atoms with Crippen LogP contribution in [0.2, 0.25) is 0 Å². The van der Waals surface area contributed by atoms with Gasteiger partial charge in [-0.1, -0.05) is 23.9 Å². The van der Waals surface area contributed by atoms with E-state index in [1.165, 1.54) is 12.0 Å². The van der Waals surface area contributed by atoms with Crippen molar-refractivity contribution in [2.75, 3.05) is 20.3 Å². The molecule has 0 aromatic heterocycles. The Hall–Kier alpha value is -2.99. The Morgan fingerprint density at radius 1 is 1.27 bits per heavy atom. The van der Waals surface area contributed by atoms with Crippen LogP contribution in [0.3, 0.4) is 0 Å². The molecule has 1 aromatic rings. The summed E-state index contributed by atoms with van der Waals surface area (Å²) in [5, 5.41) is 4.44. The zero-order chi connectivity index (χ0) is 26.7. The number of methoxy groups -OCH3 is 1. The van der Waals surface area contributed by atoms with Gasteiger partial charge in [0, 0.05) is 18.8 Å². The number of esters is 1. The number of ether oxygens (including phenoxy) is 3. The first kappa shape index (κ1) is 27.1. The fourth-order valence-corrected chi connectivity index (χ4v) is 5.24. The summed E-state index contributed by atoms with van der Waals surface area (Å²) >= 11 is 0.972. The topological polar surface area (TPSA) is 89.5 Å². The Kier molecular flexibility index (Phi) is 8.17. The second-order valence-electron chi connectivity index (χ2n) is 9.00. The molecular formula is C25H28F3N3O5S. The van der Waals surface area contributed by atoms with Crippen LogP contribution in [-0.2, 0) is 19.1 Å². The minimum atomic E-state index is -4.91. The predicted octanol–water partition coefficient (Wildman–Crippen LogP) is 4.45. The van der Waals surface area contributed by atoms with Gasteiger partial charge in [-0.15, -0.1) is 0 Å². The molecule has 0 saturated carbocycles. The third-order valence-corrected chi connectivity index (χ3v) is 6.85. The first-order chi connectivity index (χ1) is 17.6. The van der Waals surface area contributed by atoms with Crippen molar-refractivity contribution in [1.29, 1.82) is 0 Å². The largest absolute Gasteiger partial charge is 0.497 e. The number of fused-ring (bicyclic) bond motifs is 1. The second-order valence-corrected chi connectivity index (χ2v) is 9.83. The molecule has 2 atom stereocenters. The van der Waals surface area contributed by atoms with E-state index in [9.17, 15) is 22.8 Å². The SMILES string of the molecule is COc1ccc(C2C(C(=O)OC(C)C)=C(C(F)(F)F)N=C3SC=C(CC(=O)NCC4CCCO4)N32)cc1. The summed E-state index contributed by atoms with van der Waals surface area (Å²) in [5.41, 5.74) is -1.14. The lowest BCUT2D eigenvalue weighted by molar-refractivity contribution is -0.144. The summed E-state index contributed by atoms with van der Waals surface area (Å²) < 4.78 is 58.5. The third-order valence-electron chi connectivity index (χ3n) is 5.97. The molecule has 3 heterocycles. The van der Waals surface area contributed by atoms with E-state index in [-0.39, 0.29) is 23.6 Å². The number of hydrogen-bond donors (Lipinski definition) is 1. The maximum absolute atomic E-state index is 14.2. The number of carbonyl (C=O) groups excluding carboxylic acids is 2. The van der Waals surface area contributed by atoms with Gasteiger partial charge < -0.3 is 24.4 Å². The van der Waals surface area contributed by atoms with Gasteiger partial charge in [0.25, 0.3) is 0 Å². The van der Waals surface area contributed by atoms with Gasteiger partial charge in [0.2, 0.25) is 5.91 Å². The number of allylic oxidation sites excluding steroid dienone is 1. The van der Waals surface area contributed by atoms with Gasteiger partial charge in [-0.05, 0) is 49.8 Å². The molecule has 3 aliphatic heterocycles. The Morgan fingerprint density at radius 3 is 2.59 bits per heavy atom. The van der Waals surface area contributed by atoms with Crippen LogP contribution in [0.5, 0.6) is 5.75 Å². The predicted molar refractivity (Wildman–Crippen MR) is 132 cm³/mol. The highest BCUT2D eigenvalue weighted by Crippen LogP contribution is 2.48. The van der Waals surface area contributed by atoms with E-state index in [0.717, 1.165) is 24.6 Å². The molecule has 1 aromatic carbocycles. The van der Waals surface area contributed by atoms with E-state index >= 15 is 0 Å². The van der Waals surface area contributed by atoms with Crippen molar-refractivity contribution in [1.82, 2.24) is 10.2 Å². The Bertz CT molecular complexity index is 1130. The van der Waals surface area contributed by atoms with Crippen molar-refractivity contribution in [2.24, 2.45) is 4.99 Å². The van der Waals surface area contributed by atoms with Crippen LogP contribution in [0.1, 0.15) is 44.7 Å². The van der Waals surface area contributed by atoms with Crippen molar-refractivity contribution >= 4 is 28.8 Å². The smallest absolute Gasteiger partial charge is 0.434 e. The normalized spacial score (nSPS) is 21.5. The van der Waals surface area contributed by atoms with Crippen LogP contribution < -0.4 is 10.1 Å². The van der Waals surface area contributed by atoms with E-state index in [2.05, 4.69) is 10.3 Å². The highest BCUT2D eigenvalue weighted by Gasteiger charge is 2.49. The highest BCUT2D eigenvalue weighted by molar-refractivity contribution is 8.16. The number of thioether (sulfide) groups is 1. The van der Waals surface area contributed by atoms with E-state index < -0.39 is 35.6 Å². The van der Waals surface area contributed by atoms with E-state index in [1.807, 2.05) is 0 Å². The number of aliphatic imine (C=N–C) groups is 1. The van der Waals surface area contributed by atoms with Crippen molar-refractivity contribution in [2.45, 2.75) is 57.5 Å². The molecule has 2 unspecified atom stereocenters. The van der Waals surface area contributed by atoms with Crippen molar-refractivity contribution in [3.63, 3.8) is 0 Å². The van der Waals surface area contributed by atoms with Crippen molar-refractivity contribution < 1.29 is 37.0 Å².